The summed E-state index contributed by atoms with van der Waals surface area (Å²) < 4.78 is 0. The number of anilines is 1. The second kappa shape index (κ2) is 7.68. The van der Waals surface area contributed by atoms with Gasteiger partial charge in [0.2, 0.25) is 0 Å². The first kappa shape index (κ1) is 15.4. The summed E-state index contributed by atoms with van der Waals surface area (Å²) in [6.07, 6.45) is 6.70. The first-order valence-corrected chi connectivity index (χ1v) is 8.36. The minimum Gasteiger partial charge on any atom is -0.369 e. The summed E-state index contributed by atoms with van der Waals surface area (Å²) in [4.78, 5) is 2.63. The zero-order chi connectivity index (χ0) is 14.4. The lowest BCUT2D eigenvalue weighted by Gasteiger charge is -2.33. The van der Waals surface area contributed by atoms with Crippen molar-refractivity contribution in [3.8, 4) is 0 Å². The third kappa shape index (κ3) is 3.54. The third-order valence-corrected chi connectivity index (χ3v) is 4.52. The van der Waals surface area contributed by atoms with Crippen LogP contribution in [0.4, 0.5) is 5.69 Å². The van der Waals surface area contributed by atoms with Crippen LogP contribution in [0.25, 0.3) is 0 Å². The van der Waals surface area contributed by atoms with Crippen molar-refractivity contribution >= 4 is 5.69 Å². The SMILES string of the molecule is CCCNC(C)c1ccccc1N(CC)C1CCCC1. The monoisotopic (exact) mass is 274 g/mol. The number of benzene rings is 1. The second-order valence-electron chi connectivity index (χ2n) is 5.96. The van der Waals surface area contributed by atoms with Crippen LogP contribution in [-0.4, -0.2) is 19.1 Å². The Morgan fingerprint density at radius 2 is 1.90 bits per heavy atom. The maximum Gasteiger partial charge on any atom is 0.0417 e. The van der Waals surface area contributed by atoms with Gasteiger partial charge in [-0.05, 0) is 51.3 Å². The fourth-order valence-corrected chi connectivity index (χ4v) is 3.43. The maximum atomic E-state index is 3.63. The molecule has 0 saturated heterocycles. The molecule has 1 atom stereocenters. The molecule has 0 heterocycles. The quantitative estimate of drug-likeness (QED) is 0.786. The zero-order valence-electron chi connectivity index (χ0n) is 13.4. The smallest absolute Gasteiger partial charge is 0.0417 e. The molecule has 0 spiro atoms. The van der Waals surface area contributed by atoms with Crippen LogP contribution in [0, 0.1) is 0 Å². The molecule has 1 unspecified atom stereocenters. The highest BCUT2D eigenvalue weighted by Crippen LogP contribution is 2.32. The van der Waals surface area contributed by atoms with Crippen LogP contribution in [0.5, 0.6) is 0 Å². The molecule has 2 heteroatoms. The summed E-state index contributed by atoms with van der Waals surface area (Å²) in [5.41, 5.74) is 2.90. The normalized spacial score (nSPS) is 17.4. The molecule has 20 heavy (non-hydrogen) atoms. The highest BCUT2D eigenvalue weighted by Gasteiger charge is 2.24. The molecule has 0 aromatic heterocycles. The van der Waals surface area contributed by atoms with E-state index >= 15 is 0 Å². The summed E-state index contributed by atoms with van der Waals surface area (Å²) in [6, 6.07) is 10.1. The third-order valence-electron chi connectivity index (χ3n) is 4.52. The minimum atomic E-state index is 0.432. The molecule has 112 valence electrons. The van der Waals surface area contributed by atoms with Crippen LogP contribution >= 0.6 is 0 Å². The lowest BCUT2D eigenvalue weighted by Crippen LogP contribution is -2.34. The molecular formula is C18H30N2. The van der Waals surface area contributed by atoms with E-state index in [9.17, 15) is 0 Å². The van der Waals surface area contributed by atoms with E-state index in [0.29, 0.717) is 6.04 Å². The van der Waals surface area contributed by atoms with Crippen molar-refractivity contribution in [3.05, 3.63) is 29.8 Å². The van der Waals surface area contributed by atoms with E-state index in [4.69, 9.17) is 0 Å². The zero-order valence-corrected chi connectivity index (χ0v) is 13.4. The van der Waals surface area contributed by atoms with Gasteiger partial charge in [0.05, 0.1) is 0 Å². The predicted octanol–water partition coefficient (Wildman–Crippen LogP) is 4.52. The van der Waals surface area contributed by atoms with Crippen molar-refractivity contribution in [2.75, 3.05) is 18.0 Å². The standard InChI is InChI=1S/C18H30N2/c1-4-14-19-15(3)17-12-8-9-13-18(17)20(5-2)16-10-6-7-11-16/h8-9,12-13,15-16,19H,4-7,10-11,14H2,1-3H3. The van der Waals surface area contributed by atoms with Gasteiger partial charge in [-0.15, -0.1) is 0 Å². The molecule has 1 aromatic rings. The molecule has 0 radical (unpaired) electrons. The Labute approximate surface area is 124 Å². The van der Waals surface area contributed by atoms with Gasteiger partial charge in [0, 0.05) is 24.3 Å². The van der Waals surface area contributed by atoms with E-state index in [1.807, 2.05) is 0 Å². The van der Waals surface area contributed by atoms with Gasteiger partial charge in [0.15, 0.2) is 0 Å². The van der Waals surface area contributed by atoms with Crippen molar-refractivity contribution in [1.82, 2.24) is 5.32 Å². The van der Waals surface area contributed by atoms with Gasteiger partial charge in [-0.1, -0.05) is 38.0 Å². The maximum absolute atomic E-state index is 3.63. The molecule has 1 aromatic carbocycles. The first-order chi connectivity index (χ1) is 9.77. The van der Waals surface area contributed by atoms with Crippen LogP contribution < -0.4 is 10.2 Å². The van der Waals surface area contributed by atoms with Crippen molar-refractivity contribution in [2.24, 2.45) is 0 Å². The molecule has 0 amide bonds. The van der Waals surface area contributed by atoms with E-state index in [-0.39, 0.29) is 0 Å². The van der Waals surface area contributed by atoms with E-state index in [1.165, 1.54) is 43.4 Å². The second-order valence-corrected chi connectivity index (χ2v) is 5.96. The molecule has 0 aliphatic heterocycles. The van der Waals surface area contributed by atoms with Crippen molar-refractivity contribution in [1.29, 1.82) is 0 Å². The van der Waals surface area contributed by atoms with Crippen LogP contribution in [0.2, 0.25) is 0 Å². The lowest BCUT2D eigenvalue weighted by atomic mass is 10.0. The fraction of sp³-hybridized carbons (Fsp3) is 0.667. The van der Waals surface area contributed by atoms with Gasteiger partial charge in [-0.2, -0.15) is 0 Å². The molecule has 1 aliphatic rings. The Balaban J connectivity index is 2.20. The number of para-hydroxylation sites is 1. The molecule has 2 nitrogen and oxygen atoms in total. The molecule has 1 fully saturated rings. The topological polar surface area (TPSA) is 15.3 Å². The van der Waals surface area contributed by atoms with E-state index in [0.717, 1.165) is 19.1 Å². The Morgan fingerprint density at radius 3 is 2.55 bits per heavy atom. The highest BCUT2D eigenvalue weighted by molar-refractivity contribution is 5.55. The largest absolute Gasteiger partial charge is 0.369 e. The predicted molar refractivity (Wildman–Crippen MR) is 88.4 cm³/mol. The number of hydrogen-bond donors (Lipinski definition) is 1. The summed E-state index contributed by atoms with van der Waals surface area (Å²) in [7, 11) is 0. The Morgan fingerprint density at radius 1 is 1.20 bits per heavy atom. The number of nitrogens with one attached hydrogen (secondary N) is 1. The van der Waals surface area contributed by atoms with E-state index in [2.05, 4.69) is 55.3 Å². The average molecular weight is 274 g/mol. The van der Waals surface area contributed by atoms with Crippen molar-refractivity contribution in [2.45, 2.75) is 65.0 Å². The molecule has 0 bridgehead atoms. The van der Waals surface area contributed by atoms with Gasteiger partial charge >= 0.3 is 0 Å². The van der Waals surface area contributed by atoms with E-state index < -0.39 is 0 Å². The number of rotatable bonds is 7. The number of nitrogens with zero attached hydrogens (tertiary/aromatic N) is 1. The first-order valence-electron chi connectivity index (χ1n) is 8.36. The molecule has 1 N–H and O–H groups in total. The Bertz CT molecular complexity index is 396. The summed E-state index contributed by atoms with van der Waals surface area (Å²) in [6.45, 7) is 9.01. The van der Waals surface area contributed by atoms with Crippen LogP contribution in [0.15, 0.2) is 24.3 Å². The van der Waals surface area contributed by atoms with Crippen LogP contribution in [-0.2, 0) is 0 Å². The minimum absolute atomic E-state index is 0.432. The Hall–Kier alpha value is -1.02. The van der Waals surface area contributed by atoms with Crippen molar-refractivity contribution < 1.29 is 0 Å². The number of hydrogen-bond acceptors (Lipinski definition) is 2. The van der Waals surface area contributed by atoms with Gasteiger partial charge in [-0.3, -0.25) is 0 Å². The summed E-state index contributed by atoms with van der Waals surface area (Å²) in [5, 5.41) is 3.63. The van der Waals surface area contributed by atoms with Crippen molar-refractivity contribution in [3.63, 3.8) is 0 Å². The van der Waals surface area contributed by atoms with Crippen LogP contribution in [0.3, 0.4) is 0 Å². The fourth-order valence-electron chi connectivity index (χ4n) is 3.43. The molecule has 2 rings (SSSR count). The van der Waals surface area contributed by atoms with E-state index in [1.54, 1.807) is 0 Å². The van der Waals surface area contributed by atoms with Gasteiger partial charge in [0.25, 0.3) is 0 Å². The molecule has 1 saturated carbocycles. The average Bonchev–Trinajstić information content (AvgIpc) is 3.00. The summed E-state index contributed by atoms with van der Waals surface area (Å²) in [5.74, 6) is 0. The molecule has 1 aliphatic carbocycles. The van der Waals surface area contributed by atoms with Gasteiger partial charge in [0.1, 0.15) is 0 Å². The van der Waals surface area contributed by atoms with Gasteiger partial charge < -0.3 is 10.2 Å². The summed E-state index contributed by atoms with van der Waals surface area (Å²) >= 11 is 0. The van der Waals surface area contributed by atoms with Crippen LogP contribution in [0.1, 0.15) is 64.5 Å². The Kier molecular flexibility index (Phi) is 5.90. The molecular weight excluding hydrogens is 244 g/mol. The van der Waals surface area contributed by atoms with Gasteiger partial charge in [-0.25, -0.2) is 0 Å². The lowest BCUT2D eigenvalue weighted by molar-refractivity contribution is 0.561. The highest BCUT2D eigenvalue weighted by atomic mass is 15.2.